The van der Waals surface area contributed by atoms with Crippen molar-refractivity contribution in [1.82, 2.24) is 15.5 Å². The van der Waals surface area contributed by atoms with Gasteiger partial charge in [-0.25, -0.2) is 0 Å². The molecule has 0 bridgehead atoms. The minimum absolute atomic E-state index is 0. The molecule has 1 aromatic carbocycles. The highest BCUT2D eigenvalue weighted by atomic mass is 35.5. The van der Waals surface area contributed by atoms with Crippen LogP contribution in [-0.2, 0) is 11.3 Å². The number of carbonyl (C=O) groups excluding carboxylic acids is 2. The molecule has 2 amide bonds. The van der Waals surface area contributed by atoms with Crippen LogP contribution in [0.4, 0.5) is 0 Å². The fourth-order valence-corrected chi connectivity index (χ4v) is 4.00. The van der Waals surface area contributed by atoms with Gasteiger partial charge in [0.25, 0.3) is 5.91 Å². The molecule has 8 heteroatoms. The van der Waals surface area contributed by atoms with Crippen molar-refractivity contribution in [1.29, 1.82) is 0 Å². The maximum absolute atomic E-state index is 13.0. The zero-order valence-electron chi connectivity index (χ0n) is 14.3. The minimum atomic E-state index is -0.0793. The van der Waals surface area contributed by atoms with E-state index in [0.717, 1.165) is 17.0 Å². The van der Waals surface area contributed by atoms with E-state index in [1.807, 2.05) is 41.3 Å². The smallest absolute Gasteiger partial charge is 0.264 e. The molecule has 2 aromatic rings. The Bertz CT molecular complexity index is 781. The van der Waals surface area contributed by atoms with Gasteiger partial charge >= 0.3 is 0 Å². The Hall–Kier alpha value is -1.60. The van der Waals surface area contributed by atoms with E-state index in [2.05, 4.69) is 10.6 Å². The van der Waals surface area contributed by atoms with Gasteiger partial charge in [0.1, 0.15) is 0 Å². The highest BCUT2D eigenvalue weighted by Crippen LogP contribution is 2.28. The third-order valence-electron chi connectivity index (χ3n) is 4.12. The number of hydrogen-bond donors (Lipinski definition) is 2. The summed E-state index contributed by atoms with van der Waals surface area (Å²) in [5.41, 5.74) is 1.03. The molecule has 5 nitrogen and oxygen atoms in total. The van der Waals surface area contributed by atoms with Crippen LogP contribution in [0.1, 0.15) is 33.1 Å². The quantitative estimate of drug-likeness (QED) is 0.808. The lowest BCUT2D eigenvalue weighted by molar-refractivity contribution is -0.119. The maximum atomic E-state index is 13.0. The lowest BCUT2D eigenvalue weighted by Gasteiger charge is -2.36. The van der Waals surface area contributed by atoms with Crippen molar-refractivity contribution < 1.29 is 9.59 Å². The molecule has 0 radical (unpaired) electrons. The molecule has 0 aliphatic carbocycles. The van der Waals surface area contributed by atoms with E-state index in [1.165, 1.54) is 18.3 Å². The molecule has 1 fully saturated rings. The molecule has 1 aliphatic rings. The molecule has 2 N–H and O–H groups in total. The van der Waals surface area contributed by atoms with E-state index in [4.69, 9.17) is 11.6 Å². The lowest BCUT2D eigenvalue weighted by Crippen LogP contribution is -2.48. The van der Waals surface area contributed by atoms with Crippen LogP contribution >= 0.6 is 35.3 Å². The third kappa shape index (κ3) is 4.98. The molecule has 1 unspecified atom stereocenters. The van der Waals surface area contributed by atoms with E-state index in [0.29, 0.717) is 29.5 Å². The van der Waals surface area contributed by atoms with Crippen LogP contribution in [0.3, 0.4) is 0 Å². The Balaban J connectivity index is 0.00000243. The lowest BCUT2D eigenvalue weighted by atomic mass is 10.0. The van der Waals surface area contributed by atoms with Crippen LogP contribution in [0.2, 0.25) is 5.02 Å². The van der Waals surface area contributed by atoms with Crippen LogP contribution in [0.5, 0.6) is 0 Å². The standard InChI is InChI=1S/C18H20ClN3O2S.ClH/c1-12(23)21-10-15-5-6-17(25-15)18(24)22-8-7-20-11-16(22)13-3-2-4-14(19)9-13;/h2-6,9,16,20H,7-8,10-11H2,1H3,(H,21,23);1H. The monoisotopic (exact) mass is 413 g/mol. The number of benzene rings is 1. The summed E-state index contributed by atoms with van der Waals surface area (Å²) in [4.78, 5) is 27.6. The topological polar surface area (TPSA) is 61.4 Å². The van der Waals surface area contributed by atoms with Gasteiger partial charge in [0.15, 0.2) is 0 Å². The molecule has 26 heavy (non-hydrogen) atoms. The molecule has 3 rings (SSSR count). The second-order valence-electron chi connectivity index (χ2n) is 5.95. The van der Waals surface area contributed by atoms with Crippen molar-refractivity contribution >= 4 is 47.2 Å². The zero-order chi connectivity index (χ0) is 17.8. The molecule has 1 atom stereocenters. The highest BCUT2D eigenvalue weighted by molar-refractivity contribution is 7.14. The van der Waals surface area contributed by atoms with E-state index in [1.54, 1.807) is 0 Å². The minimum Gasteiger partial charge on any atom is -0.351 e. The number of amides is 2. The predicted molar refractivity (Wildman–Crippen MR) is 107 cm³/mol. The van der Waals surface area contributed by atoms with E-state index >= 15 is 0 Å². The number of thiophene rings is 1. The fourth-order valence-electron chi connectivity index (χ4n) is 2.90. The van der Waals surface area contributed by atoms with Gasteiger partial charge in [0.2, 0.25) is 5.91 Å². The van der Waals surface area contributed by atoms with Gasteiger partial charge in [-0.1, -0.05) is 23.7 Å². The first-order valence-electron chi connectivity index (χ1n) is 8.15. The van der Waals surface area contributed by atoms with Crippen molar-refractivity contribution in [2.24, 2.45) is 0 Å². The zero-order valence-corrected chi connectivity index (χ0v) is 16.7. The number of hydrogen-bond acceptors (Lipinski definition) is 4. The molecule has 2 heterocycles. The average Bonchev–Trinajstić information content (AvgIpc) is 3.08. The summed E-state index contributed by atoms with van der Waals surface area (Å²) in [6, 6.07) is 11.3. The Kier molecular flexibility index (Phi) is 7.46. The van der Waals surface area contributed by atoms with Crippen LogP contribution in [0.15, 0.2) is 36.4 Å². The first-order chi connectivity index (χ1) is 12.0. The number of carbonyl (C=O) groups is 2. The number of nitrogens with zero attached hydrogens (tertiary/aromatic N) is 1. The van der Waals surface area contributed by atoms with Gasteiger partial charge < -0.3 is 15.5 Å². The third-order valence-corrected chi connectivity index (χ3v) is 5.43. The number of halogens is 2. The highest BCUT2D eigenvalue weighted by Gasteiger charge is 2.29. The molecule has 0 saturated carbocycles. The fraction of sp³-hybridized carbons (Fsp3) is 0.333. The molecule has 1 aromatic heterocycles. The van der Waals surface area contributed by atoms with Crippen LogP contribution < -0.4 is 10.6 Å². The summed E-state index contributed by atoms with van der Waals surface area (Å²) in [6.07, 6.45) is 0. The number of rotatable bonds is 4. The summed E-state index contributed by atoms with van der Waals surface area (Å²) < 4.78 is 0. The van der Waals surface area contributed by atoms with Crippen LogP contribution in [-0.4, -0.2) is 36.3 Å². The summed E-state index contributed by atoms with van der Waals surface area (Å²) >= 11 is 7.54. The number of piperazine rings is 1. The van der Waals surface area contributed by atoms with Crippen molar-refractivity contribution in [3.63, 3.8) is 0 Å². The maximum Gasteiger partial charge on any atom is 0.264 e. The summed E-state index contributed by atoms with van der Waals surface area (Å²) in [5.74, 6) is -0.0602. The summed E-state index contributed by atoms with van der Waals surface area (Å²) in [5, 5.41) is 6.77. The van der Waals surface area contributed by atoms with E-state index in [9.17, 15) is 9.59 Å². The first kappa shape index (κ1) is 20.7. The van der Waals surface area contributed by atoms with Gasteiger partial charge in [0.05, 0.1) is 17.5 Å². The molecule has 1 aliphatic heterocycles. The van der Waals surface area contributed by atoms with Gasteiger partial charge in [0, 0.05) is 36.5 Å². The largest absolute Gasteiger partial charge is 0.351 e. The summed E-state index contributed by atoms with van der Waals surface area (Å²) in [6.45, 7) is 4.06. The Morgan fingerprint density at radius 2 is 2.15 bits per heavy atom. The Morgan fingerprint density at radius 3 is 2.88 bits per heavy atom. The van der Waals surface area contributed by atoms with Crippen LogP contribution in [0, 0.1) is 0 Å². The molecule has 0 spiro atoms. The normalized spacial score (nSPS) is 16.7. The summed E-state index contributed by atoms with van der Waals surface area (Å²) in [7, 11) is 0. The molecule has 140 valence electrons. The second kappa shape index (κ2) is 9.37. The van der Waals surface area contributed by atoms with Gasteiger partial charge in [-0.05, 0) is 29.8 Å². The number of nitrogens with one attached hydrogen (secondary N) is 2. The van der Waals surface area contributed by atoms with Crippen molar-refractivity contribution in [2.45, 2.75) is 19.5 Å². The van der Waals surface area contributed by atoms with Crippen molar-refractivity contribution in [3.8, 4) is 0 Å². The van der Waals surface area contributed by atoms with Crippen molar-refractivity contribution in [2.75, 3.05) is 19.6 Å². The van der Waals surface area contributed by atoms with Gasteiger partial charge in [-0.15, -0.1) is 23.7 Å². The average molecular weight is 414 g/mol. The second-order valence-corrected chi connectivity index (χ2v) is 7.55. The molecular weight excluding hydrogens is 393 g/mol. The Morgan fingerprint density at radius 1 is 1.35 bits per heavy atom. The predicted octanol–water partition coefficient (Wildman–Crippen LogP) is 3.25. The molecule has 1 saturated heterocycles. The van der Waals surface area contributed by atoms with Crippen LogP contribution in [0.25, 0.3) is 0 Å². The molecular formula is C18H21Cl2N3O2S. The van der Waals surface area contributed by atoms with Gasteiger partial charge in [-0.2, -0.15) is 0 Å². The Labute approximate surface area is 168 Å². The van der Waals surface area contributed by atoms with E-state index < -0.39 is 0 Å². The van der Waals surface area contributed by atoms with Gasteiger partial charge in [-0.3, -0.25) is 9.59 Å². The van der Waals surface area contributed by atoms with Crippen molar-refractivity contribution in [3.05, 3.63) is 56.7 Å². The SMILES string of the molecule is CC(=O)NCc1ccc(C(=O)N2CCNCC2c2cccc(Cl)c2)s1.Cl. The first-order valence-corrected chi connectivity index (χ1v) is 9.34. The van der Waals surface area contributed by atoms with E-state index in [-0.39, 0.29) is 30.3 Å².